The van der Waals surface area contributed by atoms with E-state index in [4.69, 9.17) is 27.9 Å². The third kappa shape index (κ3) is 4.77. The van der Waals surface area contributed by atoms with Gasteiger partial charge in [-0.15, -0.1) is 0 Å². The fourth-order valence-corrected chi connectivity index (χ4v) is 3.71. The monoisotopic (exact) mass is 480 g/mol. The van der Waals surface area contributed by atoms with Gasteiger partial charge in [0, 0.05) is 15.6 Å². The number of carbonyl (C=O) groups is 3. The number of anilines is 1. The van der Waals surface area contributed by atoms with Crippen molar-refractivity contribution in [3.05, 3.63) is 99.0 Å². The molecule has 166 valence electrons. The number of carbonyl (C=O) groups excluding carboxylic acids is 3. The molecule has 3 aromatic carbocycles. The largest absolute Gasteiger partial charge is 0.489 e. The van der Waals surface area contributed by atoms with Gasteiger partial charge in [-0.2, -0.15) is 0 Å². The number of hydrogen-bond acceptors (Lipinski definition) is 4. The first-order valence-electron chi connectivity index (χ1n) is 9.98. The molecule has 0 atom stereocenters. The molecule has 8 heteroatoms. The van der Waals surface area contributed by atoms with Crippen LogP contribution in [0.2, 0.25) is 10.0 Å². The van der Waals surface area contributed by atoms with Crippen molar-refractivity contribution in [3.8, 4) is 5.75 Å². The minimum Gasteiger partial charge on any atom is -0.489 e. The third-order valence-corrected chi connectivity index (χ3v) is 5.88. The average molecular weight is 481 g/mol. The number of nitrogens with zero attached hydrogens (tertiary/aromatic N) is 1. The molecule has 1 aliphatic rings. The smallest absolute Gasteiger partial charge is 0.335 e. The van der Waals surface area contributed by atoms with E-state index in [1.807, 2.05) is 18.2 Å². The van der Waals surface area contributed by atoms with Gasteiger partial charge in [0.2, 0.25) is 0 Å². The van der Waals surface area contributed by atoms with Gasteiger partial charge < -0.3 is 4.74 Å². The number of halogens is 2. The summed E-state index contributed by atoms with van der Waals surface area (Å²) in [5, 5.41) is 3.21. The van der Waals surface area contributed by atoms with Gasteiger partial charge in [-0.1, -0.05) is 59.6 Å². The lowest BCUT2D eigenvalue weighted by molar-refractivity contribution is -0.122. The van der Waals surface area contributed by atoms with Crippen molar-refractivity contribution in [2.45, 2.75) is 13.5 Å². The van der Waals surface area contributed by atoms with Crippen molar-refractivity contribution in [2.24, 2.45) is 0 Å². The van der Waals surface area contributed by atoms with Crippen LogP contribution in [0.15, 0.2) is 72.3 Å². The van der Waals surface area contributed by atoms with Crippen LogP contribution in [0.4, 0.5) is 10.5 Å². The maximum absolute atomic E-state index is 13.1. The molecule has 3 aromatic rings. The summed E-state index contributed by atoms with van der Waals surface area (Å²) in [6.07, 6.45) is 1.42. The number of hydrogen-bond donors (Lipinski definition) is 1. The molecule has 0 aliphatic carbocycles. The fraction of sp³-hybridized carbons (Fsp3) is 0.0800. The zero-order valence-electron chi connectivity index (χ0n) is 17.5. The zero-order valence-corrected chi connectivity index (χ0v) is 19.0. The van der Waals surface area contributed by atoms with Crippen molar-refractivity contribution >= 4 is 52.8 Å². The fourth-order valence-electron chi connectivity index (χ4n) is 3.35. The zero-order chi connectivity index (χ0) is 23.5. The quantitative estimate of drug-likeness (QED) is 0.383. The minimum absolute atomic E-state index is 0.183. The topological polar surface area (TPSA) is 75.7 Å². The van der Waals surface area contributed by atoms with Gasteiger partial charge in [0.15, 0.2) is 0 Å². The Morgan fingerprint density at radius 2 is 1.67 bits per heavy atom. The Bertz CT molecular complexity index is 1300. The molecule has 1 N–H and O–H groups in total. The average Bonchev–Trinajstić information content (AvgIpc) is 2.79. The Balaban J connectivity index is 1.61. The molecule has 33 heavy (non-hydrogen) atoms. The van der Waals surface area contributed by atoms with Crippen LogP contribution in [0.5, 0.6) is 5.75 Å². The Hall–Kier alpha value is -3.61. The molecule has 0 bridgehead atoms. The second kappa shape index (κ2) is 9.48. The lowest BCUT2D eigenvalue weighted by Crippen LogP contribution is -2.54. The predicted octanol–water partition coefficient (Wildman–Crippen LogP) is 5.55. The number of rotatable bonds is 5. The van der Waals surface area contributed by atoms with Crippen molar-refractivity contribution in [3.63, 3.8) is 0 Å². The van der Waals surface area contributed by atoms with Crippen molar-refractivity contribution in [1.29, 1.82) is 0 Å². The van der Waals surface area contributed by atoms with Gasteiger partial charge in [-0.05, 0) is 54.5 Å². The van der Waals surface area contributed by atoms with Crippen molar-refractivity contribution in [2.75, 3.05) is 4.90 Å². The molecule has 0 aromatic heterocycles. The van der Waals surface area contributed by atoms with E-state index < -0.39 is 17.8 Å². The highest BCUT2D eigenvalue weighted by atomic mass is 35.5. The van der Waals surface area contributed by atoms with Gasteiger partial charge in [0.05, 0.1) is 5.69 Å². The summed E-state index contributed by atoms with van der Waals surface area (Å²) in [4.78, 5) is 39.0. The molecular weight excluding hydrogens is 463 g/mol. The molecule has 1 fully saturated rings. The predicted molar refractivity (Wildman–Crippen MR) is 127 cm³/mol. The third-order valence-electron chi connectivity index (χ3n) is 5.10. The van der Waals surface area contributed by atoms with Crippen LogP contribution >= 0.6 is 23.2 Å². The number of barbiturate groups is 1. The lowest BCUT2D eigenvalue weighted by atomic mass is 10.1. The van der Waals surface area contributed by atoms with Gasteiger partial charge in [-0.25, -0.2) is 9.69 Å². The normalized spacial score (nSPS) is 15.1. The maximum Gasteiger partial charge on any atom is 0.335 e. The van der Waals surface area contributed by atoms with E-state index >= 15 is 0 Å². The lowest BCUT2D eigenvalue weighted by Gasteiger charge is -2.27. The van der Waals surface area contributed by atoms with E-state index in [9.17, 15) is 14.4 Å². The Labute approximate surface area is 200 Å². The molecule has 0 spiro atoms. The van der Waals surface area contributed by atoms with E-state index in [0.717, 1.165) is 10.5 Å². The highest BCUT2D eigenvalue weighted by Gasteiger charge is 2.37. The summed E-state index contributed by atoms with van der Waals surface area (Å²) in [6.45, 7) is 1.95. The summed E-state index contributed by atoms with van der Waals surface area (Å²) in [5.41, 5.74) is 2.06. The van der Waals surface area contributed by atoms with E-state index in [1.54, 1.807) is 55.5 Å². The number of benzene rings is 3. The minimum atomic E-state index is -0.829. The number of imide groups is 2. The van der Waals surface area contributed by atoms with Crippen LogP contribution in [0.25, 0.3) is 6.08 Å². The maximum atomic E-state index is 13.1. The molecule has 1 heterocycles. The van der Waals surface area contributed by atoms with Crippen LogP contribution in [0.3, 0.4) is 0 Å². The van der Waals surface area contributed by atoms with E-state index in [1.165, 1.54) is 6.08 Å². The number of amides is 4. The van der Waals surface area contributed by atoms with Gasteiger partial charge >= 0.3 is 6.03 Å². The molecule has 4 rings (SSSR count). The van der Waals surface area contributed by atoms with E-state index in [0.29, 0.717) is 32.6 Å². The van der Waals surface area contributed by atoms with Crippen molar-refractivity contribution in [1.82, 2.24) is 5.32 Å². The Morgan fingerprint density at radius 1 is 0.939 bits per heavy atom. The highest BCUT2D eigenvalue weighted by Crippen LogP contribution is 2.30. The first kappa shape index (κ1) is 22.6. The SMILES string of the molecule is Cc1c(Cl)cccc1N1C(=O)NC(=O)/C(=C\c2cccc(OCc3ccccc3Cl)c2)C1=O. The van der Waals surface area contributed by atoms with Gasteiger partial charge in [-0.3, -0.25) is 14.9 Å². The Morgan fingerprint density at radius 3 is 2.45 bits per heavy atom. The summed E-state index contributed by atoms with van der Waals surface area (Å²) in [7, 11) is 0. The summed E-state index contributed by atoms with van der Waals surface area (Å²) in [6, 6.07) is 18.3. The molecule has 6 nitrogen and oxygen atoms in total. The molecule has 0 unspecified atom stereocenters. The second-order valence-corrected chi connectivity index (χ2v) is 8.11. The van der Waals surface area contributed by atoms with Crippen LogP contribution in [0, 0.1) is 6.92 Å². The van der Waals surface area contributed by atoms with Crippen LogP contribution in [0.1, 0.15) is 16.7 Å². The first-order valence-corrected chi connectivity index (χ1v) is 10.7. The summed E-state index contributed by atoms with van der Waals surface area (Å²) in [5.74, 6) is -0.980. The molecule has 4 amide bonds. The first-order chi connectivity index (χ1) is 15.8. The summed E-state index contributed by atoms with van der Waals surface area (Å²) < 4.78 is 5.81. The summed E-state index contributed by atoms with van der Waals surface area (Å²) >= 11 is 12.3. The number of urea groups is 1. The molecule has 0 saturated carbocycles. The van der Waals surface area contributed by atoms with Crippen LogP contribution in [-0.4, -0.2) is 17.8 Å². The van der Waals surface area contributed by atoms with Crippen LogP contribution < -0.4 is 15.0 Å². The van der Waals surface area contributed by atoms with Crippen molar-refractivity contribution < 1.29 is 19.1 Å². The van der Waals surface area contributed by atoms with E-state index in [-0.39, 0.29) is 12.2 Å². The van der Waals surface area contributed by atoms with Crippen LogP contribution in [-0.2, 0) is 16.2 Å². The molecular formula is C25H18Cl2N2O4. The standard InChI is InChI=1S/C25H18Cl2N2O4/c1-15-20(26)10-5-11-22(15)29-24(31)19(23(30)28-25(29)32)13-16-6-4-8-18(12-16)33-14-17-7-2-3-9-21(17)27/h2-13H,14H2,1H3,(H,28,30,32)/b19-13+. The number of ether oxygens (including phenoxy) is 1. The number of nitrogens with one attached hydrogen (secondary N) is 1. The molecule has 0 radical (unpaired) electrons. The highest BCUT2D eigenvalue weighted by molar-refractivity contribution is 6.40. The van der Waals surface area contributed by atoms with Gasteiger partial charge in [0.25, 0.3) is 11.8 Å². The molecule has 1 saturated heterocycles. The molecule has 1 aliphatic heterocycles. The van der Waals surface area contributed by atoms with Gasteiger partial charge in [0.1, 0.15) is 17.9 Å². The van der Waals surface area contributed by atoms with E-state index in [2.05, 4.69) is 5.32 Å². The Kier molecular flexibility index (Phi) is 6.49. The second-order valence-electron chi connectivity index (χ2n) is 7.29.